The standard InChI is InChI=1S/C14H14N2O3/c1-9-5-3-4-6-12(9)19-13-7-11(8-14(17)18)15-10(2)16-13/h3-7H,8H2,1-2H3,(H,17,18). The number of ether oxygens (including phenoxy) is 1. The molecule has 1 heterocycles. The molecule has 19 heavy (non-hydrogen) atoms. The Morgan fingerprint density at radius 1 is 1.26 bits per heavy atom. The molecule has 0 spiro atoms. The molecule has 1 aromatic heterocycles. The topological polar surface area (TPSA) is 72.3 Å². The molecule has 2 aromatic rings. The van der Waals surface area contributed by atoms with Gasteiger partial charge in [0.25, 0.3) is 0 Å². The van der Waals surface area contributed by atoms with Gasteiger partial charge in [-0.25, -0.2) is 4.98 Å². The smallest absolute Gasteiger partial charge is 0.309 e. The summed E-state index contributed by atoms with van der Waals surface area (Å²) in [6.45, 7) is 3.64. The van der Waals surface area contributed by atoms with Crippen molar-refractivity contribution in [3.05, 3.63) is 47.4 Å². The molecule has 1 N–H and O–H groups in total. The molecule has 0 aliphatic carbocycles. The Labute approximate surface area is 110 Å². The first-order valence-corrected chi connectivity index (χ1v) is 5.84. The van der Waals surface area contributed by atoms with Crippen molar-refractivity contribution in [3.8, 4) is 11.6 Å². The van der Waals surface area contributed by atoms with Gasteiger partial charge in [-0.15, -0.1) is 0 Å². The van der Waals surface area contributed by atoms with E-state index in [9.17, 15) is 4.79 Å². The number of nitrogens with zero attached hydrogens (tertiary/aromatic N) is 2. The number of carbonyl (C=O) groups is 1. The van der Waals surface area contributed by atoms with E-state index in [1.165, 1.54) is 0 Å². The monoisotopic (exact) mass is 258 g/mol. The average Bonchev–Trinajstić information content (AvgIpc) is 2.30. The van der Waals surface area contributed by atoms with Crippen molar-refractivity contribution in [2.24, 2.45) is 0 Å². The first kappa shape index (κ1) is 13.0. The summed E-state index contributed by atoms with van der Waals surface area (Å²) >= 11 is 0. The van der Waals surface area contributed by atoms with Crippen molar-refractivity contribution in [1.82, 2.24) is 9.97 Å². The molecule has 0 atom stereocenters. The highest BCUT2D eigenvalue weighted by molar-refractivity contribution is 5.69. The van der Waals surface area contributed by atoms with Crippen LogP contribution in [0.2, 0.25) is 0 Å². The number of carboxylic acid groups (broad SMARTS) is 1. The third-order valence-corrected chi connectivity index (χ3v) is 2.51. The van der Waals surface area contributed by atoms with E-state index >= 15 is 0 Å². The lowest BCUT2D eigenvalue weighted by Crippen LogP contribution is -2.05. The molecule has 0 aliphatic rings. The number of benzene rings is 1. The van der Waals surface area contributed by atoms with E-state index in [1.807, 2.05) is 31.2 Å². The van der Waals surface area contributed by atoms with Gasteiger partial charge in [0.2, 0.25) is 5.88 Å². The summed E-state index contributed by atoms with van der Waals surface area (Å²) in [6.07, 6.45) is -0.145. The fourth-order valence-electron chi connectivity index (χ4n) is 1.68. The van der Waals surface area contributed by atoms with Crippen molar-refractivity contribution < 1.29 is 14.6 Å². The SMILES string of the molecule is Cc1nc(CC(=O)O)cc(Oc2ccccc2C)n1. The van der Waals surface area contributed by atoms with E-state index < -0.39 is 5.97 Å². The third-order valence-electron chi connectivity index (χ3n) is 2.51. The normalized spacial score (nSPS) is 10.2. The molecule has 0 aliphatic heterocycles. The number of aliphatic carboxylic acids is 1. The van der Waals surface area contributed by atoms with Crippen LogP contribution >= 0.6 is 0 Å². The van der Waals surface area contributed by atoms with Gasteiger partial charge in [-0.1, -0.05) is 18.2 Å². The Bertz CT molecular complexity index is 611. The van der Waals surface area contributed by atoms with E-state index in [0.717, 1.165) is 5.56 Å². The Hall–Kier alpha value is -2.43. The van der Waals surface area contributed by atoms with Crippen LogP contribution in [0.4, 0.5) is 0 Å². The van der Waals surface area contributed by atoms with Crippen molar-refractivity contribution >= 4 is 5.97 Å². The molecule has 0 amide bonds. The van der Waals surface area contributed by atoms with Gasteiger partial charge in [0, 0.05) is 6.07 Å². The Kier molecular flexibility index (Phi) is 3.75. The quantitative estimate of drug-likeness (QED) is 0.912. The van der Waals surface area contributed by atoms with Crippen LogP contribution in [-0.2, 0) is 11.2 Å². The molecule has 0 fully saturated rings. The van der Waals surface area contributed by atoms with Crippen LogP contribution < -0.4 is 4.74 Å². The van der Waals surface area contributed by atoms with Crippen LogP contribution in [0, 0.1) is 13.8 Å². The predicted molar refractivity (Wildman–Crippen MR) is 69.4 cm³/mol. The Morgan fingerprint density at radius 2 is 2.00 bits per heavy atom. The summed E-state index contributed by atoms with van der Waals surface area (Å²) in [6, 6.07) is 9.11. The van der Waals surface area contributed by atoms with Crippen LogP contribution in [0.3, 0.4) is 0 Å². The van der Waals surface area contributed by atoms with Gasteiger partial charge in [-0.3, -0.25) is 4.79 Å². The molecule has 0 saturated heterocycles. The number of aryl methyl sites for hydroxylation is 2. The van der Waals surface area contributed by atoms with E-state index in [2.05, 4.69) is 9.97 Å². The lowest BCUT2D eigenvalue weighted by atomic mass is 10.2. The van der Waals surface area contributed by atoms with Crippen LogP contribution in [0.5, 0.6) is 11.6 Å². The maximum Gasteiger partial charge on any atom is 0.309 e. The second-order valence-corrected chi connectivity index (χ2v) is 4.18. The maximum absolute atomic E-state index is 10.7. The lowest BCUT2D eigenvalue weighted by molar-refractivity contribution is -0.136. The molecule has 0 unspecified atom stereocenters. The van der Waals surface area contributed by atoms with Crippen LogP contribution in [0.1, 0.15) is 17.1 Å². The van der Waals surface area contributed by atoms with Gasteiger partial charge in [0.05, 0.1) is 12.1 Å². The number of para-hydroxylation sites is 1. The van der Waals surface area contributed by atoms with E-state index in [4.69, 9.17) is 9.84 Å². The molecular formula is C14H14N2O3. The van der Waals surface area contributed by atoms with Crippen LogP contribution in [-0.4, -0.2) is 21.0 Å². The molecule has 5 nitrogen and oxygen atoms in total. The highest BCUT2D eigenvalue weighted by Crippen LogP contribution is 2.23. The molecule has 2 rings (SSSR count). The van der Waals surface area contributed by atoms with E-state index in [1.54, 1.807) is 13.0 Å². The average molecular weight is 258 g/mol. The summed E-state index contributed by atoms with van der Waals surface area (Å²) in [7, 11) is 0. The number of aromatic nitrogens is 2. The fourth-order valence-corrected chi connectivity index (χ4v) is 1.68. The van der Waals surface area contributed by atoms with Crippen molar-refractivity contribution in [2.75, 3.05) is 0 Å². The fraction of sp³-hybridized carbons (Fsp3) is 0.214. The highest BCUT2D eigenvalue weighted by Gasteiger charge is 2.08. The summed E-state index contributed by atoms with van der Waals surface area (Å²) in [5, 5.41) is 8.78. The molecular weight excluding hydrogens is 244 g/mol. The zero-order chi connectivity index (χ0) is 13.8. The molecule has 0 bridgehead atoms. The third kappa shape index (κ3) is 3.51. The number of carboxylic acids is 1. The van der Waals surface area contributed by atoms with Crippen LogP contribution in [0.25, 0.3) is 0 Å². The minimum atomic E-state index is -0.931. The minimum Gasteiger partial charge on any atom is -0.481 e. The lowest BCUT2D eigenvalue weighted by Gasteiger charge is -2.09. The summed E-state index contributed by atoms with van der Waals surface area (Å²) in [5.74, 6) is 0.613. The molecule has 0 radical (unpaired) electrons. The number of hydrogen-bond donors (Lipinski definition) is 1. The molecule has 0 saturated carbocycles. The van der Waals surface area contributed by atoms with Crippen molar-refractivity contribution in [3.63, 3.8) is 0 Å². The Balaban J connectivity index is 2.28. The first-order valence-electron chi connectivity index (χ1n) is 5.84. The van der Waals surface area contributed by atoms with Gasteiger partial charge < -0.3 is 9.84 Å². The maximum atomic E-state index is 10.7. The predicted octanol–water partition coefficient (Wildman–Crippen LogP) is 2.51. The molecule has 1 aromatic carbocycles. The number of rotatable bonds is 4. The van der Waals surface area contributed by atoms with Gasteiger partial charge in [-0.05, 0) is 25.5 Å². The highest BCUT2D eigenvalue weighted by atomic mass is 16.5. The number of hydrogen-bond acceptors (Lipinski definition) is 4. The second kappa shape index (κ2) is 5.48. The Morgan fingerprint density at radius 3 is 2.68 bits per heavy atom. The molecule has 98 valence electrons. The first-order chi connectivity index (χ1) is 9.04. The van der Waals surface area contributed by atoms with Gasteiger partial charge in [0.15, 0.2) is 0 Å². The summed E-state index contributed by atoms with van der Waals surface area (Å²) in [5.41, 5.74) is 1.42. The summed E-state index contributed by atoms with van der Waals surface area (Å²) < 4.78 is 5.67. The van der Waals surface area contributed by atoms with Gasteiger partial charge in [-0.2, -0.15) is 4.98 Å². The largest absolute Gasteiger partial charge is 0.481 e. The minimum absolute atomic E-state index is 0.145. The van der Waals surface area contributed by atoms with E-state index in [-0.39, 0.29) is 6.42 Å². The van der Waals surface area contributed by atoms with E-state index in [0.29, 0.717) is 23.1 Å². The van der Waals surface area contributed by atoms with Gasteiger partial charge >= 0.3 is 5.97 Å². The second-order valence-electron chi connectivity index (χ2n) is 4.18. The van der Waals surface area contributed by atoms with Crippen molar-refractivity contribution in [1.29, 1.82) is 0 Å². The van der Waals surface area contributed by atoms with Crippen LogP contribution in [0.15, 0.2) is 30.3 Å². The zero-order valence-corrected chi connectivity index (χ0v) is 10.8. The van der Waals surface area contributed by atoms with Gasteiger partial charge in [0.1, 0.15) is 11.6 Å². The molecule has 5 heteroatoms. The summed E-state index contributed by atoms with van der Waals surface area (Å²) in [4.78, 5) is 18.9. The zero-order valence-electron chi connectivity index (χ0n) is 10.8. The van der Waals surface area contributed by atoms with Crippen molar-refractivity contribution in [2.45, 2.75) is 20.3 Å².